The van der Waals surface area contributed by atoms with Gasteiger partial charge in [0.15, 0.2) is 0 Å². The van der Waals surface area contributed by atoms with Crippen molar-refractivity contribution in [3.8, 4) is 0 Å². The molecule has 6 nitrogen and oxygen atoms in total. The summed E-state index contributed by atoms with van der Waals surface area (Å²) in [7, 11) is 0. The molecule has 23 heavy (non-hydrogen) atoms. The van der Waals surface area contributed by atoms with Crippen LogP contribution in [0.15, 0.2) is 9.72 Å². The van der Waals surface area contributed by atoms with Crippen molar-refractivity contribution in [2.24, 2.45) is 0 Å². The lowest BCUT2D eigenvalue weighted by Crippen LogP contribution is -2.59. The van der Waals surface area contributed by atoms with Gasteiger partial charge in [0.2, 0.25) is 5.91 Å². The van der Waals surface area contributed by atoms with E-state index in [9.17, 15) is 4.79 Å². The molecule has 1 aromatic rings. The van der Waals surface area contributed by atoms with Crippen LogP contribution in [0.2, 0.25) is 0 Å². The molecule has 0 saturated carbocycles. The topological polar surface area (TPSA) is 63.7 Å². The maximum atomic E-state index is 12.6. The lowest BCUT2D eigenvalue weighted by atomic mass is 10.0. The van der Waals surface area contributed by atoms with Gasteiger partial charge in [-0.25, -0.2) is 4.98 Å². The van der Waals surface area contributed by atoms with E-state index in [1.807, 2.05) is 10.3 Å². The molecule has 2 aliphatic rings. The fourth-order valence-corrected chi connectivity index (χ4v) is 4.59. The van der Waals surface area contributed by atoms with Crippen molar-refractivity contribution in [1.29, 1.82) is 0 Å². The second-order valence-electron chi connectivity index (χ2n) is 5.79. The molecular weight excluding hydrogens is 334 g/mol. The molecule has 2 fully saturated rings. The van der Waals surface area contributed by atoms with Crippen molar-refractivity contribution in [3.05, 3.63) is 11.1 Å². The normalized spacial score (nSPS) is 25.5. The van der Waals surface area contributed by atoms with Gasteiger partial charge in [-0.3, -0.25) is 4.79 Å². The smallest absolute Gasteiger partial charge is 0.228 e. The lowest BCUT2D eigenvalue weighted by Gasteiger charge is -2.41. The molecule has 0 radical (unpaired) electrons. The molecule has 1 N–H and O–H groups in total. The average molecular weight is 358 g/mol. The summed E-state index contributed by atoms with van der Waals surface area (Å²) in [4.78, 5) is 19.0. The third-order valence-corrected chi connectivity index (χ3v) is 5.92. The van der Waals surface area contributed by atoms with E-state index >= 15 is 0 Å². The molecule has 3 rings (SSSR count). The van der Waals surface area contributed by atoms with Crippen LogP contribution in [0.25, 0.3) is 0 Å². The quantitative estimate of drug-likeness (QED) is 0.812. The van der Waals surface area contributed by atoms with E-state index in [-0.39, 0.29) is 5.91 Å². The van der Waals surface area contributed by atoms with E-state index < -0.39 is 5.60 Å². The Morgan fingerprint density at radius 3 is 3.35 bits per heavy atom. The third kappa shape index (κ3) is 4.45. The summed E-state index contributed by atoms with van der Waals surface area (Å²) in [6.07, 6.45) is 0.366. The first-order valence-corrected chi connectivity index (χ1v) is 9.85. The van der Waals surface area contributed by atoms with Gasteiger partial charge in [-0.15, -0.1) is 11.3 Å². The van der Waals surface area contributed by atoms with Crippen LogP contribution in [0.1, 0.15) is 12.6 Å². The first-order chi connectivity index (χ1) is 11.2. The van der Waals surface area contributed by atoms with Gasteiger partial charge in [0.1, 0.15) is 9.94 Å². The molecule has 1 atom stereocenters. The molecule has 2 aliphatic heterocycles. The molecule has 3 heterocycles. The van der Waals surface area contributed by atoms with Crippen molar-refractivity contribution in [2.45, 2.75) is 23.3 Å². The Labute approximate surface area is 144 Å². The molecule has 1 amide bonds. The maximum absolute atomic E-state index is 12.6. The first kappa shape index (κ1) is 17.2. The Morgan fingerprint density at radius 2 is 2.48 bits per heavy atom. The fraction of sp³-hybridized carbons (Fsp3) is 0.733. The van der Waals surface area contributed by atoms with Crippen molar-refractivity contribution < 1.29 is 14.3 Å². The Hall–Kier alpha value is -0.670. The van der Waals surface area contributed by atoms with Crippen molar-refractivity contribution in [3.63, 3.8) is 0 Å². The zero-order valence-corrected chi connectivity index (χ0v) is 15.0. The predicted octanol–water partition coefficient (Wildman–Crippen LogP) is 1.02. The van der Waals surface area contributed by atoms with Gasteiger partial charge < -0.3 is 19.7 Å². The van der Waals surface area contributed by atoms with E-state index in [2.05, 4.69) is 17.2 Å². The van der Waals surface area contributed by atoms with Gasteiger partial charge in [-0.05, 0) is 5.75 Å². The number of ether oxygens (including phenoxy) is 2. The van der Waals surface area contributed by atoms with Crippen molar-refractivity contribution >= 4 is 29.0 Å². The number of carbonyl (C=O) groups excluding carboxylic acids is 1. The number of aromatic nitrogens is 1. The van der Waals surface area contributed by atoms with E-state index in [1.54, 1.807) is 23.1 Å². The number of nitrogens with zero attached hydrogens (tertiary/aromatic N) is 2. The lowest BCUT2D eigenvalue weighted by molar-refractivity contribution is -0.157. The minimum Gasteiger partial charge on any atom is -0.377 e. The molecule has 1 aromatic heterocycles. The number of rotatable bonds is 4. The van der Waals surface area contributed by atoms with E-state index in [4.69, 9.17) is 9.47 Å². The molecule has 0 bridgehead atoms. The monoisotopic (exact) mass is 357 g/mol. The SMILES string of the molecule is CCSc1nc(CC(=O)N2CCO[C@@]3(CNCCOC3)C2)cs1. The van der Waals surface area contributed by atoms with Crippen LogP contribution in [0, 0.1) is 0 Å². The van der Waals surface area contributed by atoms with Gasteiger partial charge in [0.05, 0.1) is 38.5 Å². The number of hydrogen-bond acceptors (Lipinski definition) is 7. The Bertz CT molecular complexity index is 530. The van der Waals surface area contributed by atoms with Gasteiger partial charge >= 0.3 is 0 Å². The highest BCUT2D eigenvalue weighted by atomic mass is 32.2. The number of thioether (sulfide) groups is 1. The van der Waals surface area contributed by atoms with E-state index in [1.165, 1.54) is 0 Å². The summed E-state index contributed by atoms with van der Waals surface area (Å²) in [6, 6.07) is 0. The number of carbonyl (C=O) groups is 1. The largest absolute Gasteiger partial charge is 0.377 e. The molecule has 0 unspecified atom stereocenters. The van der Waals surface area contributed by atoms with Crippen LogP contribution >= 0.6 is 23.1 Å². The third-order valence-electron chi connectivity index (χ3n) is 3.97. The molecular formula is C15H23N3O3S2. The van der Waals surface area contributed by atoms with Crippen LogP contribution in [0.3, 0.4) is 0 Å². The van der Waals surface area contributed by atoms with Gasteiger partial charge in [0, 0.05) is 25.0 Å². The van der Waals surface area contributed by atoms with E-state index in [0.717, 1.165) is 28.9 Å². The second-order valence-corrected chi connectivity index (χ2v) is 8.16. The number of nitrogens with one attached hydrogen (secondary N) is 1. The summed E-state index contributed by atoms with van der Waals surface area (Å²) in [5.74, 6) is 1.12. The Kier molecular flexibility index (Phi) is 5.92. The van der Waals surface area contributed by atoms with Crippen LogP contribution in [-0.2, 0) is 20.7 Å². The molecule has 0 aliphatic carbocycles. The summed E-state index contributed by atoms with van der Waals surface area (Å²) in [5.41, 5.74) is 0.460. The minimum absolute atomic E-state index is 0.121. The highest BCUT2D eigenvalue weighted by molar-refractivity contribution is 8.00. The van der Waals surface area contributed by atoms with E-state index in [0.29, 0.717) is 39.3 Å². The maximum Gasteiger partial charge on any atom is 0.228 e. The van der Waals surface area contributed by atoms with Gasteiger partial charge in [-0.1, -0.05) is 18.7 Å². The predicted molar refractivity (Wildman–Crippen MR) is 91.2 cm³/mol. The summed E-state index contributed by atoms with van der Waals surface area (Å²) < 4.78 is 12.6. The Morgan fingerprint density at radius 1 is 1.57 bits per heavy atom. The molecule has 0 aromatic carbocycles. The van der Waals surface area contributed by atoms with Crippen LogP contribution in [0.4, 0.5) is 0 Å². The number of thiazole rings is 1. The van der Waals surface area contributed by atoms with Gasteiger partial charge in [0.25, 0.3) is 0 Å². The van der Waals surface area contributed by atoms with Crippen LogP contribution in [-0.4, -0.2) is 73.1 Å². The fourth-order valence-electron chi connectivity index (χ4n) is 2.85. The summed E-state index contributed by atoms with van der Waals surface area (Å²) >= 11 is 3.33. The summed E-state index contributed by atoms with van der Waals surface area (Å²) in [5, 5.41) is 5.32. The van der Waals surface area contributed by atoms with Crippen molar-refractivity contribution in [1.82, 2.24) is 15.2 Å². The number of morpholine rings is 1. The second kappa shape index (κ2) is 7.94. The standard InChI is InChI=1S/C15H23N3O3S2/c1-2-22-14-17-12(8-23-14)7-13(19)18-4-6-21-15(10-18)9-16-3-5-20-11-15/h8,16H,2-7,9-11H2,1H3/t15-/m0/s1. The highest BCUT2D eigenvalue weighted by Crippen LogP contribution is 2.24. The Balaban J connectivity index is 1.59. The minimum atomic E-state index is -0.407. The molecule has 1 spiro atoms. The molecule has 128 valence electrons. The van der Waals surface area contributed by atoms with Crippen LogP contribution in [0.5, 0.6) is 0 Å². The number of hydrogen-bond donors (Lipinski definition) is 1. The molecule has 2 saturated heterocycles. The zero-order valence-electron chi connectivity index (χ0n) is 13.4. The zero-order chi connectivity index (χ0) is 16.1. The average Bonchev–Trinajstić information content (AvgIpc) is 2.86. The van der Waals surface area contributed by atoms with Gasteiger partial charge in [-0.2, -0.15) is 0 Å². The summed E-state index contributed by atoms with van der Waals surface area (Å²) in [6.45, 7) is 6.67. The molecule has 8 heteroatoms. The van der Waals surface area contributed by atoms with Crippen LogP contribution < -0.4 is 5.32 Å². The first-order valence-electron chi connectivity index (χ1n) is 7.98. The van der Waals surface area contributed by atoms with Crippen molar-refractivity contribution in [2.75, 3.05) is 51.8 Å². The highest BCUT2D eigenvalue weighted by Gasteiger charge is 2.39. The number of amides is 1.